The normalized spacial score (nSPS) is 11.5. The molecule has 0 saturated heterocycles. The highest BCUT2D eigenvalue weighted by Crippen LogP contribution is 2.39. The Hall–Kier alpha value is -3.61. The third-order valence-electron chi connectivity index (χ3n) is 5.34. The van der Waals surface area contributed by atoms with E-state index in [0.29, 0.717) is 16.6 Å². The molecular formula is C27H34N2O5. The summed E-state index contributed by atoms with van der Waals surface area (Å²) >= 11 is 0. The first kappa shape index (κ1) is 26.6. The predicted octanol–water partition coefficient (Wildman–Crippen LogP) is 5.56. The Bertz CT molecular complexity index is 1260. The van der Waals surface area contributed by atoms with Crippen LogP contribution in [0.25, 0.3) is 10.9 Å². The minimum atomic E-state index is -0.745. The molecule has 3 rings (SSSR count). The van der Waals surface area contributed by atoms with Gasteiger partial charge >= 0.3 is 5.97 Å². The number of carboxylic acids is 1. The van der Waals surface area contributed by atoms with Gasteiger partial charge in [-0.1, -0.05) is 60.6 Å². The maximum absolute atomic E-state index is 12.9. The number of phenols is 1. The molecular weight excluding hydrogens is 432 g/mol. The fraction of sp³-hybridized carbons (Fsp3) is 0.370. The van der Waals surface area contributed by atoms with E-state index in [0.717, 1.165) is 11.1 Å². The van der Waals surface area contributed by atoms with Gasteiger partial charge in [-0.2, -0.15) is 0 Å². The van der Waals surface area contributed by atoms with Gasteiger partial charge in [0, 0.05) is 35.3 Å². The Morgan fingerprint density at radius 2 is 1.53 bits per heavy atom. The summed E-state index contributed by atoms with van der Waals surface area (Å²) in [7, 11) is 0. The maximum Gasteiger partial charge on any atom is 0.303 e. The highest BCUT2D eigenvalue weighted by Gasteiger charge is 2.26. The lowest BCUT2D eigenvalue weighted by Crippen LogP contribution is -2.25. The zero-order chi connectivity index (χ0) is 25.8. The lowest BCUT2D eigenvalue weighted by atomic mass is 9.79. The van der Waals surface area contributed by atoms with Crippen LogP contribution < -0.4 is 10.7 Å². The van der Waals surface area contributed by atoms with Gasteiger partial charge in [-0.3, -0.25) is 14.4 Å². The molecule has 1 aromatic heterocycles. The minimum Gasteiger partial charge on any atom is -0.508 e. The van der Waals surface area contributed by atoms with E-state index in [4.69, 9.17) is 5.11 Å². The number of fused-ring (bicyclic) bond motifs is 1. The van der Waals surface area contributed by atoms with E-state index in [-0.39, 0.29) is 34.0 Å². The molecule has 1 amide bonds. The van der Waals surface area contributed by atoms with Gasteiger partial charge in [-0.25, -0.2) is 0 Å². The number of amides is 1. The second-order valence-electron chi connectivity index (χ2n) is 10.2. The predicted molar refractivity (Wildman–Crippen MR) is 136 cm³/mol. The molecule has 0 aliphatic heterocycles. The number of aliphatic carboxylic acids is 1. The summed E-state index contributed by atoms with van der Waals surface area (Å²) in [5, 5.41) is 21.6. The van der Waals surface area contributed by atoms with E-state index in [1.54, 1.807) is 31.2 Å². The average molecular weight is 467 g/mol. The van der Waals surface area contributed by atoms with Crippen molar-refractivity contribution in [3.05, 3.63) is 69.5 Å². The number of anilines is 1. The topological polar surface area (TPSA) is 119 Å². The van der Waals surface area contributed by atoms with E-state index >= 15 is 0 Å². The van der Waals surface area contributed by atoms with Crippen LogP contribution in [0, 0.1) is 0 Å². The molecule has 7 heteroatoms. The molecule has 2 aromatic carbocycles. The monoisotopic (exact) mass is 466 g/mol. The smallest absolute Gasteiger partial charge is 0.303 e. The molecule has 0 unspecified atom stereocenters. The Labute approximate surface area is 199 Å². The van der Waals surface area contributed by atoms with Gasteiger partial charge in [0.05, 0.1) is 0 Å². The highest BCUT2D eigenvalue weighted by atomic mass is 16.4. The molecule has 4 N–H and O–H groups in total. The van der Waals surface area contributed by atoms with Crippen molar-refractivity contribution >= 4 is 28.5 Å². The summed E-state index contributed by atoms with van der Waals surface area (Å²) in [6.45, 7) is 13.8. The molecule has 0 spiro atoms. The van der Waals surface area contributed by atoms with Crippen LogP contribution in [-0.4, -0.2) is 27.1 Å². The molecule has 0 atom stereocenters. The van der Waals surface area contributed by atoms with Gasteiger partial charge in [0.2, 0.25) is 5.43 Å². The Kier molecular flexibility index (Phi) is 7.93. The lowest BCUT2D eigenvalue weighted by molar-refractivity contribution is -0.136. The molecule has 0 fully saturated rings. The Balaban J connectivity index is 0.000000739. The van der Waals surface area contributed by atoms with Crippen LogP contribution in [0.5, 0.6) is 5.75 Å². The van der Waals surface area contributed by atoms with Gasteiger partial charge in [-0.05, 0) is 40.2 Å². The van der Waals surface area contributed by atoms with Crippen LogP contribution in [0.15, 0.2) is 47.4 Å². The van der Waals surface area contributed by atoms with Crippen molar-refractivity contribution in [2.24, 2.45) is 0 Å². The molecule has 3 aromatic rings. The van der Waals surface area contributed by atoms with Crippen molar-refractivity contribution in [3.63, 3.8) is 0 Å². The number of benzene rings is 2. The van der Waals surface area contributed by atoms with Crippen molar-refractivity contribution in [2.45, 2.75) is 65.7 Å². The number of nitrogens with one attached hydrogen (secondary N) is 2. The van der Waals surface area contributed by atoms with Crippen LogP contribution >= 0.6 is 0 Å². The number of H-pyrrole nitrogens is 1. The molecule has 7 nitrogen and oxygen atoms in total. The van der Waals surface area contributed by atoms with Crippen molar-refractivity contribution in [2.75, 3.05) is 5.32 Å². The molecule has 1 heterocycles. The van der Waals surface area contributed by atoms with Crippen LogP contribution in [0.3, 0.4) is 0 Å². The number of carboxylic acid groups (broad SMARTS) is 1. The van der Waals surface area contributed by atoms with E-state index in [9.17, 15) is 19.5 Å². The quantitative estimate of drug-likeness (QED) is 0.403. The van der Waals surface area contributed by atoms with Crippen molar-refractivity contribution < 1.29 is 19.8 Å². The van der Waals surface area contributed by atoms with Crippen molar-refractivity contribution in [1.82, 2.24) is 4.98 Å². The van der Waals surface area contributed by atoms with Gasteiger partial charge in [0.25, 0.3) is 5.91 Å². The van der Waals surface area contributed by atoms with Crippen LogP contribution in [0.1, 0.15) is 76.4 Å². The fourth-order valence-corrected chi connectivity index (χ4v) is 3.44. The number of hydrogen-bond donors (Lipinski definition) is 4. The zero-order valence-electron chi connectivity index (χ0n) is 20.9. The molecule has 0 radical (unpaired) electrons. The lowest BCUT2D eigenvalue weighted by Gasteiger charge is -2.28. The average Bonchev–Trinajstić information content (AvgIpc) is 2.72. The number of aromatic hydroxyl groups is 1. The van der Waals surface area contributed by atoms with E-state index in [1.165, 1.54) is 6.20 Å². The first-order valence-electron chi connectivity index (χ1n) is 11.2. The van der Waals surface area contributed by atoms with Gasteiger partial charge in [0.1, 0.15) is 11.3 Å². The van der Waals surface area contributed by atoms with Gasteiger partial charge in [-0.15, -0.1) is 0 Å². The summed E-state index contributed by atoms with van der Waals surface area (Å²) in [6, 6.07) is 10.6. The molecule has 0 aliphatic carbocycles. The minimum absolute atomic E-state index is 0.0305. The van der Waals surface area contributed by atoms with Crippen LogP contribution in [0.4, 0.5) is 5.69 Å². The number of rotatable bonds is 3. The molecule has 0 bridgehead atoms. The van der Waals surface area contributed by atoms with Gasteiger partial charge in [0.15, 0.2) is 0 Å². The second-order valence-corrected chi connectivity index (χ2v) is 10.2. The summed E-state index contributed by atoms with van der Waals surface area (Å²) in [4.78, 5) is 38.1. The van der Waals surface area contributed by atoms with Crippen molar-refractivity contribution in [1.29, 1.82) is 0 Å². The van der Waals surface area contributed by atoms with E-state index in [1.807, 2.05) is 53.7 Å². The first-order chi connectivity index (χ1) is 15.7. The number of pyridine rings is 1. The third kappa shape index (κ3) is 6.25. The molecule has 0 saturated carbocycles. The second kappa shape index (κ2) is 10.1. The highest BCUT2D eigenvalue weighted by molar-refractivity contribution is 6.06. The first-order valence-corrected chi connectivity index (χ1v) is 11.2. The summed E-state index contributed by atoms with van der Waals surface area (Å²) in [5.74, 6) is -1.14. The molecule has 182 valence electrons. The Morgan fingerprint density at radius 3 is 2.06 bits per heavy atom. The standard InChI is InChI=1S/C24H28N2O3.C3H6O2/c1-23(2,3)16-11-17(24(4,5)6)20(27)12-19(16)26-22(29)15-13-25-18-10-8-7-9-14(18)21(15)28;1-2-3(4)5/h7-13,27H,1-6H3,(H,25,28)(H,26,29);2H2,1H3,(H,4,5). The zero-order valence-corrected chi connectivity index (χ0v) is 20.9. The van der Waals surface area contributed by atoms with E-state index in [2.05, 4.69) is 10.3 Å². The Morgan fingerprint density at radius 1 is 0.971 bits per heavy atom. The number of para-hydroxylation sites is 1. The van der Waals surface area contributed by atoms with Gasteiger partial charge < -0.3 is 20.5 Å². The maximum atomic E-state index is 12.9. The fourth-order valence-electron chi connectivity index (χ4n) is 3.44. The number of carbonyl (C=O) groups excluding carboxylic acids is 1. The number of aromatic nitrogens is 1. The number of phenolic OH excluding ortho intramolecular Hbond substituents is 1. The SMILES string of the molecule is CC(C)(C)c1cc(C(C)(C)C)c(NC(=O)c2c[nH]c3ccccc3c2=O)cc1O.CCC(=O)O. The van der Waals surface area contributed by atoms with Crippen molar-refractivity contribution in [3.8, 4) is 5.75 Å². The molecule has 34 heavy (non-hydrogen) atoms. The summed E-state index contributed by atoms with van der Waals surface area (Å²) in [6.07, 6.45) is 1.65. The largest absolute Gasteiger partial charge is 0.508 e. The summed E-state index contributed by atoms with van der Waals surface area (Å²) in [5.41, 5.74) is 2.06. The van der Waals surface area contributed by atoms with Crippen LogP contribution in [0.2, 0.25) is 0 Å². The third-order valence-corrected chi connectivity index (χ3v) is 5.34. The summed E-state index contributed by atoms with van der Waals surface area (Å²) < 4.78 is 0. The number of aromatic amines is 1. The molecule has 0 aliphatic rings. The van der Waals surface area contributed by atoms with Crippen LogP contribution in [-0.2, 0) is 15.6 Å². The van der Waals surface area contributed by atoms with E-state index < -0.39 is 11.9 Å². The number of carbonyl (C=O) groups is 2. The number of hydrogen-bond acceptors (Lipinski definition) is 4.